The van der Waals surface area contributed by atoms with Crippen molar-refractivity contribution in [1.29, 1.82) is 0 Å². The first kappa shape index (κ1) is 20.2. The fourth-order valence-corrected chi connectivity index (χ4v) is 2.70. The lowest BCUT2D eigenvalue weighted by Gasteiger charge is -2.11. The molecule has 0 saturated carbocycles. The van der Waals surface area contributed by atoms with Gasteiger partial charge < -0.3 is 9.30 Å². The van der Waals surface area contributed by atoms with Gasteiger partial charge in [0.25, 0.3) is 0 Å². The molecule has 0 aliphatic rings. The zero-order valence-corrected chi connectivity index (χ0v) is 15.0. The number of nitrogens with zero attached hydrogens (tertiary/aromatic N) is 4. The smallest absolute Gasteiger partial charge is 0.435 e. The molecule has 12 heteroatoms. The lowest BCUT2D eigenvalue weighted by atomic mass is 10.1. The van der Waals surface area contributed by atoms with Gasteiger partial charge in [0.05, 0.1) is 5.02 Å². The molecule has 2 aromatic heterocycles. The van der Waals surface area contributed by atoms with E-state index in [-0.39, 0.29) is 16.5 Å². The van der Waals surface area contributed by atoms with Crippen molar-refractivity contribution in [2.75, 3.05) is 6.61 Å². The van der Waals surface area contributed by atoms with Gasteiger partial charge in [0.2, 0.25) is 0 Å². The Morgan fingerprint density at radius 1 is 1.07 bits per heavy atom. The van der Waals surface area contributed by atoms with E-state index >= 15 is 0 Å². The number of hydrogen-bond donors (Lipinski definition) is 0. The molecule has 0 aliphatic heterocycles. The van der Waals surface area contributed by atoms with E-state index < -0.39 is 36.2 Å². The highest BCUT2D eigenvalue weighted by Crippen LogP contribution is 2.36. The summed E-state index contributed by atoms with van der Waals surface area (Å²) in [5, 5.41) is 0.235. The average molecular weight is 425 g/mol. The van der Waals surface area contributed by atoms with Crippen LogP contribution in [0.15, 0.2) is 18.2 Å². The molecule has 2 heterocycles. The molecule has 0 N–H and O–H groups in total. The van der Waals surface area contributed by atoms with Crippen molar-refractivity contribution >= 4 is 22.8 Å². The van der Waals surface area contributed by atoms with E-state index in [0.717, 1.165) is 5.56 Å². The highest BCUT2D eigenvalue weighted by atomic mass is 35.5. The Labute approximate surface area is 158 Å². The van der Waals surface area contributed by atoms with Crippen molar-refractivity contribution in [3.8, 4) is 17.4 Å². The second-order valence-corrected chi connectivity index (χ2v) is 6.31. The third kappa shape index (κ3) is 3.98. The average Bonchev–Trinajstić information content (AvgIpc) is 2.90. The number of halogens is 7. The quantitative estimate of drug-likeness (QED) is 0.558. The van der Waals surface area contributed by atoms with Crippen molar-refractivity contribution in [2.45, 2.75) is 19.3 Å². The number of hydrogen-bond acceptors (Lipinski definition) is 4. The molecule has 5 nitrogen and oxygen atoms in total. The van der Waals surface area contributed by atoms with Crippen LogP contribution in [0.5, 0.6) is 6.01 Å². The minimum Gasteiger partial charge on any atom is -0.454 e. The number of aromatic nitrogens is 4. The second kappa shape index (κ2) is 6.80. The normalized spacial score (nSPS) is 12.6. The molecule has 0 atom stereocenters. The highest BCUT2D eigenvalue weighted by molar-refractivity contribution is 6.33. The number of alkyl halides is 6. The number of benzene rings is 1. The first-order valence-corrected chi connectivity index (χ1v) is 8.02. The van der Waals surface area contributed by atoms with E-state index in [4.69, 9.17) is 11.6 Å². The van der Waals surface area contributed by atoms with E-state index in [1.54, 1.807) is 25.1 Å². The van der Waals surface area contributed by atoms with E-state index in [0.29, 0.717) is 5.56 Å². The summed E-state index contributed by atoms with van der Waals surface area (Å²) in [5.74, 6) is 0.0523. The fraction of sp³-hybridized carbons (Fsp3) is 0.312. The summed E-state index contributed by atoms with van der Waals surface area (Å²) in [5.41, 5.74) is -1.34. The van der Waals surface area contributed by atoms with Crippen LogP contribution >= 0.6 is 11.6 Å². The molecule has 150 valence electrons. The third-order valence-corrected chi connectivity index (χ3v) is 4.02. The molecule has 0 aliphatic carbocycles. The summed E-state index contributed by atoms with van der Waals surface area (Å²) in [6, 6.07) is 3.82. The number of aryl methyl sites for hydroxylation is 2. The predicted octanol–water partition coefficient (Wildman–Crippen LogP) is 4.95. The molecule has 0 spiro atoms. The molecule has 0 unspecified atom stereocenters. The number of imidazole rings is 1. The van der Waals surface area contributed by atoms with Crippen LogP contribution < -0.4 is 4.74 Å². The Balaban J connectivity index is 2.23. The van der Waals surface area contributed by atoms with E-state index in [1.807, 2.05) is 0 Å². The lowest BCUT2D eigenvalue weighted by molar-refractivity contribution is -0.155. The molecule has 0 fully saturated rings. The number of rotatable bonds is 3. The van der Waals surface area contributed by atoms with Crippen LogP contribution in [-0.4, -0.2) is 32.3 Å². The van der Waals surface area contributed by atoms with Crippen molar-refractivity contribution in [2.24, 2.45) is 7.05 Å². The first-order valence-electron chi connectivity index (χ1n) is 7.64. The lowest BCUT2D eigenvalue weighted by Crippen LogP contribution is -2.21. The minimum atomic E-state index is -4.99. The fourth-order valence-electron chi connectivity index (χ4n) is 2.50. The molecular formula is C16H11ClF6N4O. The van der Waals surface area contributed by atoms with Gasteiger partial charge in [-0.15, -0.1) is 0 Å². The van der Waals surface area contributed by atoms with Gasteiger partial charge in [-0.3, -0.25) is 0 Å². The van der Waals surface area contributed by atoms with Crippen LogP contribution in [0.4, 0.5) is 26.3 Å². The summed E-state index contributed by atoms with van der Waals surface area (Å²) < 4.78 is 82.8. The highest BCUT2D eigenvalue weighted by Gasteiger charge is 2.38. The maximum absolute atomic E-state index is 13.4. The van der Waals surface area contributed by atoms with Crippen molar-refractivity contribution in [3.05, 3.63) is 34.5 Å². The van der Waals surface area contributed by atoms with Crippen molar-refractivity contribution in [3.63, 3.8) is 0 Å². The van der Waals surface area contributed by atoms with Gasteiger partial charge in [0.1, 0.15) is 11.3 Å². The SMILES string of the molecule is Cc1ccc(Cl)c(-c2nc3c(C(F)(F)F)nc(OCC(F)(F)F)nc3n2C)c1. The number of fused-ring (bicyclic) bond motifs is 1. The van der Waals surface area contributed by atoms with E-state index in [2.05, 4.69) is 19.7 Å². The molecule has 3 rings (SSSR count). The van der Waals surface area contributed by atoms with Crippen LogP contribution in [0, 0.1) is 6.92 Å². The molecule has 1 aromatic carbocycles. The summed E-state index contributed by atoms with van der Waals surface area (Å²) in [4.78, 5) is 10.7. The Morgan fingerprint density at radius 3 is 2.36 bits per heavy atom. The van der Waals surface area contributed by atoms with E-state index in [1.165, 1.54) is 11.6 Å². The van der Waals surface area contributed by atoms with Crippen molar-refractivity contribution in [1.82, 2.24) is 19.5 Å². The third-order valence-electron chi connectivity index (χ3n) is 3.69. The van der Waals surface area contributed by atoms with E-state index in [9.17, 15) is 26.3 Å². The Morgan fingerprint density at radius 2 is 1.75 bits per heavy atom. The molecule has 0 amide bonds. The standard InChI is InChI=1S/C16H11ClF6N4O/c1-7-3-4-9(17)8(5-7)12-24-10-11(16(21,22)23)25-14(26-13(10)27(12)2)28-6-15(18,19)20/h3-5H,6H2,1-2H3. The molecular weight excluding hydrogens is 414 g/mol. The monoisotopic (exact) mass is 424 g/mol. The molecule has 0 saturated heterocycles. The molecule has 28 heavy (non-hydrogen) atoms. The first-order chi connectivity index (χ1) is 12.9. The van der Waals surface area contributed by atoms with Crippen molar-refractivity contribution < 1.29 is 31.1 Å². The van der Waals surface area contributed by atoms with Crippen LogP contribution in [0.2, 0.25) is 5.02 Å². The Hall–Kier alpha value is -2.56. The second-order valence-electron chi connectivity index (χ2n) is 5.91. The summed E-state index contributed by atoms with van der Waals surface area (Å²) in [7, 11) is 1.37. The molecule has 3 aromatic rings. The maximum Gasteiger partial charge on any atom is 0.435 e. The largest absolute Gasteiger partial charge is 0.454 e. The summed E-state index contributed by atoms with van der Waals surface area (Å²) in [6.45, 7) is -0.0727. The summed E-state index contributed by atoms with van der Waals surface area (Å²) >= 11 is 6.13. The van der Waals surface area contributed by atoms with Gasteiger partial charge in [-0.05, 0) is 19.1 Å². The summed E-state index contributed by atoms with van der Waals surface area (Å²) in [6.07, 6.45) is -9.75. The van der Waals surface area contributed by atoms with Gasteiger partial charge in [-0.2, -0.15) is 36.3 Å². The Kier molecular flexibility index (Phi) is 4.90. The predicted molar refractivity (Wildman–Crippen MR) is 88.0 cm³/mol. The van der Waals surface area contributed by atoms with Crippen LogP contribution in [0.1, 0.15) is 11.3 Å². The zero-order chi connectivity index (χ0) is 20.9. The van der Waals surface area contributed by atoms with Crippen LogP contribution in [0.25, 0.3) is 22.6 Å². The van der Waals surface area contributed by atoms with Crippen LogP contribution in [-0.2, 0) is 13.2 Å². The zero-order valence-electron chi connectivity index (χ0n) is 14.3. The number of ether oxygens (including phenoxy) is 1. The van der Waals surface area contributed by atoms with Gasteiger partial charge in [0.15, 0.2) is 17.9 Å². The topological polar surface area (TPSA) is 52.8 Å². The van der Waals surface area contributed by atoms with Gasteiger partial charge in [0, 0.05) is 12.6 Å². The molecule has 0 bridgehead atoms. The Bertz CT molecular complexity index is 1040. The van der Waals surface area contributed by atoms with Gasteiger partial charge >= 0.3 is 18.4 Å². The molecule has 0 radical (unpaired) electrons. The minimum absolute atomic E-state index is 0.0523. The van der Waals surface area contributed by atoms with Crippen LogP contribution in [0.3, 0.4) is 0 Å². The maximum atomic E-state index is 13.4. The van der Waals surface area contributed by atoms with Gasteiger partial charge in [-0.25, -0.2) is 4.98 Å². The van der Waals surface area contributed by atoms with Gasteiger partial charge in [-0.1, -0.05) is 23.2 Å².